The summed E-state index contributed by atoms with van der Waals surface area (Å²) in [6.45, 7) is 0.570. The fraction of sp³-hybridized carbons (Fsp3) is 0.0714. The van der Waals surface area contributed by atoms with Gasteiger partial charge >= 0.3 is 0 Å². The van der Waals surface area contributed by atoms with E-state index in [4.69, 9.17) is 0 Å². The van der Waals surface area contributed by atoms with Gasteiger partial charge in [0.15, 0.2) is 5.65 Å². The van der Waals surface area contributed by atoms with E-state index in [0.29, 0.717) is 18.0 Å². The average molecular weight is 254 g/mol. The van der Waals surface area contributed by atoms with Crippen molar-refractivity contribution in [3.63, 3.8) is 0 Å². The molecule has 3 aromatic rings. The van der Waals surface area contributed by atoms with E-state index in [1.807, 2.05) is 12.1 Å². The minimum Gasteiger partial charge on any atom is -0.365 e. The van der Waals surface area contributed by atoms with Gasteiger partial charge in [0, 0.05) is 12.7 Å². The van der Waals surface area contributed by atoms with Gasteiger partial charge in [0.1, 0.15) is 17.2 Å². The van der Waals surface area contributed by atoms with Crippen molar-refractivity contribution in [3.8, 4) is 0 Å². The number of anilines is 1. The molecular weight excluding hydrogens is 243 g/mol. The summed E-state index contributed by atoms with van der Waals surface area (Å²) in [5, 5.41) is 3.15. The molecule has 94 valence electrons. The van der Waals surface area contributed by atoms with Crippen LogP contribution in [0.15, 0.2) is 48.8 Å². The Bertz CT molecular complexity index is 697. The first-order valence-corrected chi connectivity index (χ1v) is 5.87. The van der Waals surface area contributed by atoms with Crippen molar-refractivity contribution in [3.05, 3.63) is 60.2 Å². The number of nitrogens with zero attached hydrogens (tertiary/aromatic N) is 3. The van der Waals surface area contributed by atoms with Crippen LogP contribution in [-0.4, -0.2) is 15.0 Å². The molecule has 0 unspecified atom stereocenters. The maximum absolute atomic E-state index is 12.8. The van der Waals surface area contributed by atoms with Crippen LogP contribution in [0.1, 0.15) is 5.56 Å². The van der Waals surface area contributed by atoms with Crippen LogP contribution < -0.4 is 5.32 Å². The first kappa shape index (κ1) is 11.5. The van der Waals surface area contributed by atoms with E-state index < -0.39 is 0 Å². The standard InChI is InChI=1S/C14H11FN4/c15-11-5-3-10(4-6-11)8-17-13-9-18-14-12(19-13)2-1-7-16-14/h1-7,9H,8H2,(H,17,19). The van der Waals surface area contributed by atoms with E-state index >= 15 is 0 Å². The van der Waals surface area contributed by atoms with Gasteiger partial charge < -0.3 is 5.32 Å². The zero-order valence-corrected chi connectivity index (χ0v) is 10.0. The summed E-state index contributed by atoms with van der Waals surface area (Å²) in [5.41, 5.74) is 2.34. The third kappa shape index (κ3) is 2.65. The van der Waals surface area contributed by atoms with E-state index in [0.717, 1.165) is 11.1 Å². The normalized spacial score (nSPS) is 10.6. The summed E-state index contributed by atoms with van der Waals surface area (Å²) in [6.07, 6.45) is 3.32. The van der Waals surface area contributed by atoms with Gasteiger partial charge in [0.2, 0.25) is 0 Å². The van der Waals surface area contributed by atoms with Gasteiger partial charge in [-0.2, -0.15) is 0 Å². The van der Waals surface area contributed by atoms with E-state index in [2.05, 4.69) is 20.3 Å². The van der Waals surface area contributed by atoms with Crippen LogP contribution in [0.25, 0.3) is 11.2 Å². The lowest BCUT2D eigenvalue weighted by Crippen LogP contribution is -2.02. The molecule has 0 bridgehead atoms. The van der Waals surface area contributed by atoms with Crippen LogP contribution in [-0.2, 0) is 6.54 Å². The molecule has 1 N–H and O–H groups in total. The number of aromatic nitrogens is 3. The lowest BCUT2D eigenvalue weighted by Gasteiger charge is -2.06. The highest BCUT2D eigenvalue weighted by molar-refractivity contribution is 5.70. The van der Waals surface area contributed by atoms with Crippen LogP contribution in [0.3, 0.4) is 0 Å². The van der Waals surface area contributed by atoms with Crippen LogP contribution >= 0.6 is 0 Å². The lowest BCUT2D eigenvalue weighted by molar-refractivity contribution is 0.627. The number of benzene rings is 1. The minimum absolute atomic E-state index is 0.236. The highest BCUT2D eigenvalue weighted by Gasteiger charge is 2.00. The average Bonchev–Trinajstić information content (AvgIpc) is 2.46. The number of hydrogen-bond acceptors (Lipinski definition) is 4. The summed E-state index contributed by atoms with van der Waals surface area (Å²) in [4.78, 5) is 12.7. The quantitative estimate of drug-likeness (QED) is 0.780. The van der Waals surface area contributed by atoms with Gasteiger partial charge in [0.25, 0.3) is 0 Å². The summed E-state index contributed by atoms with van der Waals surface area (Å²) in [7, 11) is 0. The zero-order chi connectivity index (χ0) is 13.1. The van der Waals surface area contributed by atoms with Gasteiger partial charge in [0.05, 0.1) is 6.20 Å². The third-order valence-electron chi connectivity index (χ3n) is 2.70. The van der Waals surface area contributed by atoms with Gasteiger partial charge in [-0.25, -0.2) is 19.3 Å². The van der Waals surface area contributed by atoms with Crippen molar-refractivity contribution in [1.29, 1.82) is 0 Å². The van der Waals surface area contributed by atoms with E-state index in [1.165, 1.54) is 12.1 Å². The second-order valence-electron chi connectivity index (χ2n) is 4.08. The van der Waals surface area contributed by atoms with Crippen molar-refractivity contribution in [2.45, 2.75) is 6.54 Å². The fourth-order valence-electron chi connectivity index (χ4n) is 1.74. The molecule has 0 aliphatic carbocycles. The Labute approximate surface area is 109 Å². The molecule has 2 heterocycles. The Balaban J connectivity index is 1.76. The molecule has 0 saturated carbocycles. The topological polar surface area (TPSA) is 50.7 Å². The monoisotopic (exact) mass is 254 g/mol. The second kappa shape index (κ2) is 4.97. The minimum atomic E-state index is -0.236. The van der Waals surface area contributed by atoms with Crippen molar-refractivity contribution in [2.24, 2.45) is 0 Å². The van der Waals surface area contributed by atoms with E-state index in [9.17, 15) is 4.39 Å². The molecule has 0 radical (unpaired) electrons. The molecular formula is C14H11FN4. The summed E-state index contributed by atoms with van der Waals surface area (Å²) < 4.78 is 12.8. The fourth-order valence-corrected chi connectivity index (χ4v) is 1.74. The largest absolute Gasteiger partial charge is 0.365 e. The molecule has 1 aromatic carbocycles. The SMILES string of the molecule is Fc1ccc(CNc2cnc3ncccc3n2)cc1. The van der Waals surface area contributed by atoms with Gasteiger partial charge in [-0.3, -0.25) is 0 Å². The van der Waals surface area contributed by atoms with Gasteiger partial charge in [-0.1, -0.05) is 12.1 Å². The molecule has 0 aliphatic rings. The molecule has 0 saturated heterocycles. The Morgan fingerprint density at radius 2 is 1.89 bits per heavy atom. The van der Waals surface area contributed by atoms with E-state index in [1.54, 1.807) is 24.5 Å². The Hall–Kier alpha value is -2.56. The highest BCUT2D eigenvalue weighted by Crippen LogP contribution is 2.10. The number of hydrogen-bond donors (Lipinski definition) is 1. The molecule has 5 heteroatoms. The van der Waals surface area contributed by atoms with Crippen LogP contribution in [0.4, 0.5) is 10.2 Å². The van der Waals surface area contributed by atoms with Gasteiger partial charge in [-0.05, 0) is 29.8 Å². The number of rotatable bonds is 3. The number of pyridine rings is 1. The molecule has 4 nitrogen and oxygen atoms in total. The summed E-state index contributed by atoms with van der Waals surface area (Å²) in [6, 6.07) is 10.0. The maximum atomic E-state index is 12.8. The molecule has 0 amide bonds. The Kier molecular flexibility index (Phi) is 3.02. The number of halogens is 1. The smallest absolute Gasteiger partial charge is 0.178 e. The van der Waals surface area contributed by atoms with Crippen LogP contribution in [0.2, 0.25) is 0 Å². The van der Waals surface area contributed by atoms with Crippen molar-refractivity contribution < 1.29 is 4.39 Å². The molecule has 0 atom stereocenters. The van der Waals surface area contributed by atoms with Crippen LogP contribution in [0.5, 0.6) is 0 Å². The lowest BCUT2D eigenvalue weighted by atomic mass is 10.2. The highest BCUT2D eigenvalue weighted by atomic mass is 19.1. The molecule has 3 rings (SSSR count). The van der Waals surface area contributed by atoms with Gasteiger partial charge in [-0.15, -0.1) is 0 Å². The first-order chi connectivity index (χ1) is 9.31. The predicted molar refractivity (Wildman–Crippen MR) is 71.1 cm³/mol. The second-order valence-corrected chi connectivity index (χ2v) is 4.08. The maximum Gasteiger partial charge on any atom is 0.178 e. The van der Waals surface area contributed by atoms with E-state index in [-0.39, 0.29) is 5.82 Å². The van der Waals surface area contributed by atoms with Crippen LogP contribution in [0, 0.1) is 5.82 Å². The van der Waals surface area contributed by atoms with Crippen molar-refractivity contribution >= 4 is 17.0 Å². The Morgan fingerprint density at radius 3 is 2.74 bits per heavy atom. The predicted octanol–water partition coefficient (Wildman–Crippen LogP) is 2.78. The third-order valence-corrected chi connectivity index (χ3v) is 2.70. The molecule has 19 heavy (non-hydrogen) atoms. The zero-order valence-electron chi connectivity index (χ0n) is 10.0. The molecule has 0 aliphatic heterocycles. The molecule has 0 fully saturated rings. The Morgan fingerprint density at radius 1 is 1.05 bits per heavy atom. The number of fused-ring (bicyclic) bond motifs is 1. The number of nitrogens with one attached hydrogen (secondary N) is 1. The van der Waals surface area contributed by atoms with Crippen molar-refractivity contribution in [2.75, 3.05) is 5.32 Å². The van der Waals surface area contributed by atoms with Crippen molar-refractivity contribution in [1.82, 2.24) is 15.0 Å². The molecule has 0 spiro atoms. The summed E-state index contributed by atoms with van der Waals surface area (Å²) >= 11 is 0. The first-order valence-electron chi connectivity index (χ1n) is 5.87. The molecule has 2 aromatic heterocycles. The summed E-state index contributed by atoms with van der Waals surface area (Å²) in [5.74, 6) is 0.435.